The van der Waals surface area contributed by atoms with Crippen LogP contribution >= 0.6 is 0 Å². The van der Waals surface area contributed by atoms with Crippen LogP contribution in [0.4, 0.5) is 0 Å². The topological polar surface area (TPSA) is 136 Å². The second-order valence-corrected chi connectivity index (χ2v) is 15.0. The van der Waals surface area contributed by atoms with Crippen molar-refractivity contribution in [3.05, 3.63) is 83.9 Å². The van der Waals surface area contributed by atoms with Gasteiger partial charge in [-0.1, -0.05) is 69.0 Å². The van der Waals surface area contributed by atoms with Gasteiger partial charge in [-0.3, -0.25) is 9.59 Å². The second kappa shape index (κ2) is 10.5. The summed E-state index contributed by atoms with van der Waals surface area (Å²) in [5.41, 5.74) is -4.61. The third-order valence-electron chi connectivity index (χ3n) is 12.3. The normalized spacial score (nSPS) is 46.8. The Labute approximate surface area is 284 Å². The highest BCUT2D eigenvalue weighted by atomic mass is 16.9. The zero-order valence-corrected chi connectivity index (χ0v) is 28.4. The van der Waals surface area contributed by atoms with Crippen molar-refractivity contribution in [1.82, 2.24) is 0 Å². The van der Waals surface area contributed by atoms with Gasteiger partial charge in [0.2, 0.25) is 0 Å². The largest absolute Gasteiger partial charge is 0.459 e. The zero-order chi connectivity index (χ0) is 34.9. The van der Waals surface area contributed by atoms with Gasteiger partial charge in [0.15, 0.2) is 11.7 Å². The molecule has 2 spiro atoms. The van der Waals surface area contributed by atoms with Gasteiger partial charge in [-0.05, 0) is 43.9 Å². The zero-order valence-electron chi connectivity index (χ0n) is 28.4. The average molecular weight is 675 g/mol. The molecule has 14 atom stereocenters. The molecule has 260 valence electrons. The van der Waals surface area contributed by atoms with Crippen LogP contribution in [0.15, 0.2) is 72.8 Å². The molecule has 0 unspecified atom stereocenters. The fourth-order valence-electron chi connectivity index (χ4n) is 10.6. The van der Waals surface area contributed by atoms with E-state index >= 15 is 0 Å². The first-order valence-corrected chi connectivity index (χ1v) is 17.0. The van der Waals surface area contributed by atoms with E-state index in [9.17, 15) is 19.5 Å². The van der Waals surface area contributed by atoms with Gasteiger partial charge in [-0.2, -0.15) is 0 Å². The number of carbonyl (C=O) groups excluding carboxylic acids is 3. The minimum atomic E-state index is -1.75. The summed E-state index contributed by atoms with van der Waals surface area (Å²) < 4.78 is 46.8. The molecule has 5 heterocycles. The molecule has 7 fully saturated rings. The second-order valence-electron chi connectivity index (χ2n) is 15.0. The third-order valence-corrected chi connectivity index (χ3v) is 12.3. The molecule has 2 aromatic rings. The lowest BCUT2D eigenvalue weighted by Crippen LogP contribution is -2.86. The van der Waals surface area contributed by atoms with Gasteiger partial charge >= 0.3 is 23.9 Å². The van der Waals surface area contributed by atoms with E-state index in [1.807, 2.05) is 44.2 Å². The fraction of sp³-hybridized carbons (Fsp3) is 0.553. The fourth-order valence-corrected chi connectivity index (χ4v) is 10.6. The van der Waals surface area contributed by atoms with Gasteiger partial charge in [0.05, 0.1) is 17.1 Å². The number of ether oxygens (including phenoxy) is 7. The predicted molar refractivity (Wildman–Crippen MR) is 170 cm³/mol. The van der Waals surface area contributed by atoms with Crippen LogP contribution in [0.25, 0.3) is 0 Å². The van der Waals surface area contributed by atoms with Crippen LogP contribution in [0.3, 0.4) is 0 Å². The van der Waals surface area contributed by atoms with Crippen molar-refractivity contribution in [2.75, 3.05) is 0 Å². The summed E-state index contributed by atoms with van der Waals surface area (Å²) in [7, 11) is 0. The molecule has 2 aliphatic carbocycles. The Balaban J connectivity index is 1.40. The highest BCUT2D eigenvalue weighted by molar-refractivity contribution is 5.89. The quantitative estimate of drug-likeness (QED) is 0.268. The summed E-state index contributed by atoms with van der Waals surface area (Å²) in [6.45, 7) is 14.2. The van der Waals surface area contributed by atoms with Gasteiger partial charge in [0, 0.05) is 31.2 Å². The number of hydrogen-bond acceptors (Lipinski definition) is 11. The Morgan fingerprint density at radius 1 is 0.816 bits per heavy atom. The number of fused-ring (bicyclic) bond motifs is 1. The third kappa shape index (κ3) is 3.93. The van der Waals surface area contributed by atoms with Crippen LogP contribution in [0.5, 0.6) is 0 Å². The van der Waals surface area contributed by atoms with Gasteiger partial charge < -0.3 is 38.3 Å². The summed E-state index contributed by atoms with van der Waals surface area (Å²) >= 11 is 0. The summed E-state index contributed by atoms with van der Waals surface area (Å²) in [5.74, 6) is -5.80. The molecule has 2 aromatic carbocycles. The first-order valence-electron chi connectivity index (χ1n) is 17.0. The molecule has 5 saturated heterocycles. The van der Waals surface area contributed by atoms with Crippen LogP contribution in [-0.2, 0) is 48.7 Å². The molecule has 9 rings (SSSR count). The van der Waals surface area contributed by atoms with Crippen LogP contribution in [-0.4, -0.2) is 75.9 Å². The first kappa shape index (κ1) is 32.6. The van der Waals surface area contributed by atoms with E-state index in [2.05, 4.69) is 6.58 Å². The van der Waals surface area contributed by atoms with Crippen molar-refractivity contribution < 1.29 is 52.6 Å². The molecule has 0 aromatic heterocycles. The van der Waals surface area contributed by atoms with Crippen molar-refractivity contribution in [3.63, 3.8) is 0 Å². The maximum absolute atomic E-state index is 13.9. The lowest BCUT2D eigenvalue weighted by molar-refractivity contribution is -0.584. The Kier molecular flexibility index (Phi) is 6.96. The number of aliphatic hydroxyl groups is 1. The molecule has 2 saturated carbocycles. The Morgan fingerprint density at radius 2 is 1.41 bits per heavy atom. The number of esters is 3. The summed E-state index contributed by atoms with van der Waals surface area (Å²) in [6.07, 6.45) is -4.60. The summed E-state index contributed by atoms with van der Waals surface area (Å²) in [4.78, 5) is 39.8. The number of rotatable bonds is 6. The van der Waals surface area contributed by atoms with Gasteiger partial charge in [-0.25, -0.2) is 4.79 Å². The van der Waals surface area contributed by atoms with Crippen LogP contribution in [0.1, 0.15) is 63.9 Å². The molecule has 49 heavy (non-hydrogen) atoms. The maximum Gasteiger partial charge on any atom is 0.338 e. The molecule has 11 heteroatoms. The lowest BCUT2D eigenvalue weighted by atomic mass is 9.51. The van der Waals surface area contributed by atoms with Gasteiger partial charge in [0.25, 0.3) is 0 Å². The molecule has 5 aliphatic heterocycles. The Bertz CT molecular complexity index is 1730. The molecular formula is C38H42O11. The number of hydrogen-bond donors (Lipinski definition) is 1. The van der Waals surface area contributed by atoms with E-state index in [1.165, 1.54) is 13.8 Å². The van der Waals surface area contributed by atoms with E-state index < -0.39 is 94.6 Å². The van der Waals surface area contributed by atoms with Crippen molar-refractivity contribution in [1.29, 1.82) is 0 Å². The molecule has 7 aliphatic rings. The monoisotopic (exact) mass is 674 g/mol. The van der Waals surface area contributed by atoms with Crippen molar-refractivity contribution in [2.24, 2.45) is 23.7 Å². The molecule has 0 amide bonds. The molecule has 0 radical (unpaired) electrons. The standard InChI is InChI=1S/C38H42O11/c1-19(2)35(42)29-21(4)36-26-18-20(3)28(43-22(5)39)37(26)33(45-32(41)24-14-10-8-11-15-24)34(7,48-37)30(44-23(6)40)27(36)31(35)47-38(46-29,49-36)25-16-12-9-13-17-25/h8-17,20-21,26-31,33,42H,1,18H2,2-7H3/t20-,21+,26-,27-,28-,29-,30-,31+,33+,34+,35-,36-,37+,38-/m0/s1. The van der Waals surface area contributed by atoms with Crippen LogP contribution in [0.2, 0.25) is 0 Å². The van der Waals surface area contributed by atoms with Crippen LogP contribution in [0, 0.1) is 23.7 Å². The Hall–Kier alpha value is -3.61. The average Bonchev–Trinajstić information content (AvgIpc) is 3.29. The SMILES string of the molecule is C=C(C)[C@@]1(O)[C@@H]2O[C@]3(c4ccccc4)O[C@H]1[C@@H](C)[C@@]1(O3)[C@H]2[C@H](OC(C)=O)[C@@]2(C)O[C@@]3([C@H]1C[C@H](C)[C@@H]3OC(C)=O)[C@@H]2OC(=O)c1ccccc1. The van der Waals surface area contributed by atoms with E-state index in [0.29, 0.717) is 23.1 Å². The first-order chi connectivity index (χ1) is 23.2. The predicted octanol–water partition coefficient (Wildman–Crippen LogP) is 4.21. The number of benzene rings is 2. The minimum Gasteiger partial charge on any atom is -0.459 e. The maximum atomic E-state index is 13.9. The highest BCUT2D eigenvalue weighted by Gasteiger charge is 2.92. The van der Waals surface area contributed by atoms with Crippen LogP contribution < -0.4 is 0 Å². The molecule has 11 nitrogen and oxygen atoms in total. The minimum absolute atomic E-state index is 0.263. The van der Waals surface area contributed by atoms with Gasteiger partial charge in [-0.15, -0.1) is 0 Å². The summed E-state index contributed by atoms with van der Waals surface area (Å²) in [6, 6.07) is 17.8. The smallest absolute Gasteiger partial charge is 0.338 e. The molecular weight excluding hydrogens is 632 g/mol. The van der Waals surface area contributed by atoms with E-state index in [1.54, 1.807) is 44.2 Å². The van der Waals surface area contributed by atoms with E-state index in [-0.39, 0.29) is 5.92 Å². The summed E-state index contributed by atoms with van der Waals surface area (Å²) in [5, 5.41) is 12.7. The molecule has 1 N–H and O–H groups in total. The van der Waals surface area contributed by atoms with Crippen molar-refractivity contribution in [2.45, 2.75) is 107 Å². The van der Waals surface area contributed by atoms with Gasteiger partial charge in [0.1, 0.15) is 35.6 Å². The van der Waals surface area contributed by atoms with Crippen molar-refractivity contribution >= 4 is 17.9 Å². The highest BCUT2D eigenvalue weighted by Crippen LogP contribution is 2.76. The van der Waals surface area contributed by atoms with Crippen molar-refractivity contribution in [3.8, 4) is 0 Å². The Morgan fingerprint density at radius 3 is 2.02 bits per heavy atom. The lowest BCUT2D eigenvalue weighted by Gasteiger charge is -2.72. The van der Waals surface area contributed by atoms with E-state index in [4.69, 9.17) is 33.2 Å². The number of carbonyl (C=O) groups is 3. The van der Waals surface area contributed by atoms with E-state index in [0.717, 1.165) is 0 Å². The molecule has 6 bridgehead atoms.